The molecule has 1 aliphatic heterocycles. The Labute approximate surface area is 164 Å². The lowest BCUT2D eigenvalue weighted by molar-refractivity contribution is 0.0701. The fourth-order valence-corrected chi connectivity index (χ4v) is 3.52. The minimum atomic E-state index is -0.209. The van der Waals surface area contributed by atoms with Gasteiger partial charge >= 0.3 is 0 Å². The number of ether oxygens (including phenoxy) is 1. The summed E-state index contributed by atoms with van der Waals surface area (Å²) in [6.45, 7) is 3.04. The lowest BCUT2D eigenvalue weighted by Gasteiger charge is -2.24. The maximum Gasteiger partial charge on any atom is 0.228 e. The Morgan fingerprint density at radius 2 is 2.00 bits per heavy atom. The van der Waals surface area contributed by atoms with Crippen molar-refractivity contribution in [2.75, 3.05) is 19.7 Å². The summed E-state index contributed by atoms with van der Waals surface area (Å²) in [5.74, 6) is 1.00. The van der Waals surface area contributed by atoms with E-state index in [1.54, 1.807) is 12.1 Å². The first kappa shape index (κ1) is 18.8. The summed E-state index contributed by atoms with van der Waals surface area (Å²) in [4.78, 5) is 6.78. The molecule has 0 amide bonds. The first-order chi connectivity index (χ1) is 13.8. The summed E-state index contributed by atoms with van der Waals surface area (Å²) in [6.07, 6.45) is 3.04. The molecule has 5 nitrogen and oxygen atoms in total. The molecule has 4 rings (SSSR count). The van der Waals surface area contributed by atoms with Crippen molar-refractivity contribution in [2.24, 2.45) is 0 Å². The molecule has 0 spiro atoms. The molecule has 0 bridgehead atoms. The minimum Gasteiger partial charge on any atom is -0.377 e. The number of hydrogen-bond acceptors (Lipinski definition) is 5. The van der Waals surface area contributed by atoms with Crippen LogP contribution in [0.25, 0.3) is 11.4 Å². The van der Waals surface area contributed by atoms with Crippen LogP contribution in [0.4, 0.5) is 4.39 Å². The van der Waals surface area contributed by atoms with Crippen LogP contribution >= 0.6 is 0 Å². The standard InChI is InChI=1S/C22H24FN3O2/c23-19-9-4-6-17(14-19)15-26(16-20-10-5-13-27-20)12-11-21-24-22(25-28-21)18-7-2-1-3-8-18/h1-4,6-9,14,20H,5,10-13,15-16H2. The Hall–Kier alpha value is -2.57. The van der Waals surface area contributed by atoms with Gasteiger partial charge in [0.25, 0.3) is 0 Å². The van der Waals surface area contributed by atoms with E-state index in [9.17, 15) is 4.39 Å². The molecule has 1 aromatic heterocycles. The molecule has 1 saturated heterocycles. The molecule has 2 heterocycles. The zero-order valence-electron chi connectivity index (χ0n) is 15.8. The number of halogens is 1. The lowest BCUT2D eigenvalue weighted by atomic mass is 10.1. The van der Waals surface area contributed by atoms with Crippen molar-refractivity contribution in [1.82, 2.24) is 15.0 Å². The lowest BCUT2D eigenvalue weighted by Crippen LogP contribution is -2.33. The van der Waals surface area contributed by atoms with Gasteiger partial charge in [-0.2, -0.15) is 4.98 Å². The maximum absolute atomic E-state index is 13.6. The van der Waals surface area contributed by atoms with Crippen molar-refractivity contribution in [3.05, 3.63) is 71.9 Å². The predicted octanol–water partition coefficient (Wildman–Crippen LogP) is 4.10. The van der Waals surface area contributed by atoms with Crippen LogP contribution in [0.15, 0.2) is 59.1 Å². The first-order valence-electron chi connectivity index (χ1n) is 9.73. The highest BCUT2D eigenvalue weighted by Gasteiger charge is 2.20. The Bertz CT molecular complexity index is 878. The van der Waals surface area contributed by atoms with Crippen molar-refractivity contribution in [2.45, 2.75) is 31.9 Å². The monoisotopic (exact) mass is 381 g/mol. The molecule has 0 N–H and O–H groups in total. The van der Waals surface area contributed by atoms with Crippen LogP contribution in [0.3, 0.4) is 0 Å². The van der Waals surface area contributed by atoms with Gasteiger partial charge in [0.1, 0.15) is 5.82 Å². The normalized spacial score (nSPS) is 16.7. The van der Waals surface area contributed by atoms with Gasteiger partial charge in [-0.3, -0.25) is 4.90 Å². The second kappa shape index (κ2) is 9.08. The van der Waals surface area contributed by atoms with E-state index in [2.05, 4.69) is 15.0 Å². The van der Waals surface area contributed by atoms with Crippen molar-refractivity contribution >= 4 is 0 Å². The molecular weight excluding hydrogens is 357 g/mol. The SMILES string of the molecule is Fc1cccc(CN(CCc2nc(-c3ccccc3)no2)CC2CCCO2)c1. The molecular formula is C22H24FN3O2. The molecule has 0 saturated carbocycles. The molecule has 1 fully saturated rings. The van der Waals surface area contributed by atoms with Crippen LogP contribution in [0.5, 0.6) is 0 Å². The zero-order chi connectivity index (χ0) is 19.2. The number of hydrogen-bond donors (Lipinski definition) is 0. The fourth-order valence-electron chi connectivity index (χ4n) is 3.52. The second-order valence-electron chi connectivity index (χ2n) is 7.13. The Morgan fingerprint density at radius 1 is 1.11 bits per heavy atom. The third-order valence-electron chi connectivity index (χ3n) is 4.92. The number of rotatable bonds is 8. The Morgan fingerprint density at radius 3 is 2.79 bits per heavy atom. The van der Waals surface area contributed by atoms with E-state index in [0.29, 0.717) is 24.7 Å². The van der Waals surface area contributed by atoms with Crippen LogP contribution < -0.4 is 0 Å². The summed E-state index contributed by atoms with van der Waals surface area (Å²) < 4.78 is 24.8. The zero-order valence-corrected chi connectivity index (χ0v) is 15.8. The molecule has 0 radical (unpaired) electrons. The highest BCUT2D eigenvalue weighted by Crippen LogP contribution is 2.18. The summed E-state index contributed by atoms with van der Waals surface area (Å²) in [7, 11) is 0. The molecule has 1 atom stereocenters. The van der Waals surface area contributed by atoms with E-state index in [1.807, 2.05) is 36.4 Å². The predicted molar refractivity (Wildman–Crippen MR) is 104 cm³/mol. The molecule has 2 aromatic carbocycles. The molecule has 6 heteroatoms. The van der Waals surface area contributed by atoms with Gasteiger partial charge in [0.15, 0.2) is 0 Å². The molecule has 146 valence electrons. The second-order valence-corrected chi connectivity index (χ2v) is 7.13. The van der Waals surface area contributed by atoms with E-state index in [1.165, 1.54) is 6.07 Å². The summed E-state index contributed by atoms with van der Waals surface area (Å²) >= 11 is 0. The number of benzene rings is 2. The quantitative estimate of drug-likeness (QED) is 0.588. The van der Waals surface area contributed by atoms with Gasteiger partial charge in [0, 0.05) is 38.2 Å². The molecule has 3 aromatic rings. The van der Waals surface area contributed by atoms with E-state index in [0.717, 1.165) is 43.7 Å². The van der Waals surface area contributed by atoms with Crippen LogP contribution in [0, 0.1) is 5.82 Å². The Kier molecular flexibility index (Phi) is 6.09. The first-order valence-corrected chi connectivity index (χ1v) is 9.73. The third-order valence-corrected chi connectivity index (χ3v) is 4.92. The van der Waals surface area contributed by atoms with Crippen LogP contribution in [0.2, 0.25) is 0 Å². The largest absolute Gasteiger partial charge is 0.377 e. The third kappa shape index (κ3) is 5.03. The van der Waals surface area contributed by atoms with Crippen LogP contribution in [0.1, 0.15) is 24.3 Å². The summed E-state index contributed by atoms with van der Waals surface area (Å²) in [6, 6.07) is 16.5. The van der Waals surface area contributed by atoms with Crippen LogP contribution in [-0.4, -0.2) is 40.8 Å². The molecule has 1 aliphatic rings. The van der Waals surface area contributed by atoms with Gasteiger partial charge in [-0.1, -0.05) is 47.6 Å². The van der Waals surface area contributed by atoms with Gasteiger partial charge in [0.05, 0.1) is 6.10 Å². The van der Waals surface area contributed by atoms with E-state index in [4.69, 9.17) is 9.26 Å². The highest BCUT2D eigenvalue weighted by atomic mass is 19.1. The van der Waals surface area contributed by atoms with E-state index >= 15 is 0 Å². The van der Waals surface area contributed by atoms with Gasteiger partial charge in [-0.05, 0) is 30.5 Å². The van der Waals surface area contributed by atoms with Crippen molar-refractivity contribution < 1.29 is 13.7 Å². The van der Waals surface area contributed by atoms with Crippen LogP contribution in [-0.2, 0) is 17.7 Å². The average molecular weight is 381 g/mol. The van der Waals surface area contributed by atoms with Crippen molar-refractivity contribution in [1.29, 1.82) is 0 Å². The topological polar surface area (TPSA) is 51.4 Å². The summed E-state index contributed by atoms with van der Waals surface area (Å²) in [5, 5.41) is 4.08. The molecule has 1 unspecified atom stereocenters. The van der Waals surface area contributed by atoms with E-state index in [-0.39, 0.29) is 11.9 Å². The maximum atomic E-state index is 13.6. The highest BCUT2D eigenvalue weighted by molar-refractivity contribution is 5.53. The summed E-state index contributed by atoms with van der Waals surface area (Å²) in [5.41, 5.74) is 1.89. The van der Waals surface area contributed by atoms with Crippen molar-refractivity contribution in [3.8, 4) is 11.4 Å². The fraction of sp³-hybridized carbons (Fsp3) is 0.364. The van der Waals surface area contributed by atoms with Crippen molar-refractivity contribution in [3.63, 3.8) is 0 Å². The smallest absolute Gasteiger partial charge is 0.228 e. The van der Waals surface area contributed by atoms with E-state index < -0.39 is 0 Å². The van der Waals surface area contributed by atoms with Gasteiger partial charge in [0.2, 0.25) is 11.7 Å². The molecule has 0 aliphatic carbocycles. The average Bonchev–Trinajstić information content (AvgIpc) is 3.39. The molecule has 28 heavy (non-hydrogen) atoms. The van der Waals surface area contributed by atoms with Gasteiger partial charge < -0.3 is 9.26 Å². The Balaban J connectivity index is 1.41. The van der Waals surface area contributed by atoms with Gasteiger partial charge in [-0.25, -0.2) is 4.39 Å². The minimum absolute atomic E-state index is 0.209. The van der Waals surface area contributed by atoms with Gasteiger partial charge in [-0.15, -0.1) is 0 Å². The number of nitrogens with zero attached hydrogens (tertiary/aromatic N) is 3. The number of aromatic nitrogens is 2.